The average Bonchev–Trinajstić information content (AvgIpc) is 2.37. The molecule has 1 unspecified atom stereocenters. The number of carboxylic acid groups (broad SMARTS) is 1. The van der Waals surface area contributed by atoms with Gasteiger partial charge < -0.3 is 10.4 Å². The molecule has 1 aromatic carbocycles. The number of hydrogen-bond donors (Lipinski definition) is 2. The lowest BCUT2D eigenvalue weighted by atomic mass is 10.2. The first-order valence-corrected chi connectivity index (χ1v) is 7.83. The van der Waals surface area contributed by atoms with Crippen LogP contribution in [-0.4, -0.2) is 28.8 Å². The van der Waals surface area contributed by atoms with Gasteiger partial charge in [-0.15, -0.1) is 0 Å². The van der Waals surface area contributed by atoms with E-state index >= 15 is 0 Å². The molecule has 1 rings (SSSR count). The zero-order valence-corrected chi connectivity index (χ0v) is 13.2. The van der Waals surface area contributed by atoms with E-state index in [4.69, 9.17) is 28.3 Å². The Hall–Kier alpha value is -0.910. The van der Waals surface area contributed by atoms with Crippen molar-refractivity contribution in [3.8, 4) is 0 Å². The van der Waals surface area contributed by atoms with Crippen LogP contribution in [0.2, 0.25) is 10.0 Å². The van der Waals surface area contributed by atoms with Crippen molar-refractivity contribution in [1.82, 2.24) is 5.32 Å². The van der Waals surface area contributed by atoms with Crippen LogP contribution in [0.5, 0.6) is 0 Å². The van der Waals surface area contributed by atoms with Crippen molar-refractivity contribution in [2.45, 2.75) is 25.1 Å². The van der Waals surface area contributed by atoms with Crippen molar-refractivity contribution >= 4 is 46.8 Å². The van der Waals surface area contributed by atoms with Gasteiger partial charge in [0.2, 0.25) is 5.91 Å². The minimum absolute atomic E-state index is 0.347. The Kier molecular flexibility index (Phi) is 7.19. The zero-order chi connectivity index (χ0) is 15.1. The highest BCUT2D eigenvalue weighted by atomic mass is 35.5. The molecule has 0 spiro atoms. The smallest absolute Gasteiger partial charge is 0.326 e. The Labute approximate surface area is 131 Å². The normalized spacial score (nSPS) is 11.9. The number of aliphatic carboxylic acids is 1. The number of amides is 1. The molecular weight excluding hydrogens is 321 g/mol. The Morgan fingerprint density at radius 2 is 2.10 bits per heavy atom. The second-order valence-corrected chi connectivity index (χ2v) is 6.04. The molecule has 0 bridgehead atoms. The van der Waals surface area contributed by atoms with Crippen molar-refractivity contribution in [3.05, 3.63) is 33.8 Å². The number of carboxylic acids is 1. The molecule has 0 aromatic heterocycles. The third kappa shape index (κ3) is 5.61. The van der Waals surface area contributed by atoms with Gasteiger partial charge in [0, 0.05) is 12.7 Å². The number of thioether (sulfide) groups is 1. The van der Waals surface area contributed by atoms with Crippen molar-refractivity contribution in [2.75, 3.05) is 5.75 Å². The molecule has 0 aliphatic rings. The van der Waals surface area contributed by atoms with Gasteiger partial charge >= 0.3 is 5.97 Å². The van der Waals surface area contributed by atoms with Crippen LogP contribution >= 0.6 is 35.0 Å². The van der Waals surface area contributed by atoms with Gasteiger partial charge in [-0.1, -0.05) is 35.3 Å². The molecule has 0 saturated carbocycles. The first-order valence-electron chi connectivity index (χ1n) is 5.92. The maximum Gasteiger partial charge on any atom is 0.326 e. The average molecular weight is 336 g/mol. The number of hydrogen-bond acceptors (Lipinski definition) is 3. The topological polar surface area (TPSA) is 66.4 Å². The monoisotopic (exact) mass is 335 g/mol. The van der Waals surface area contributed by atoms with Crippen LogP contribution < -0.4 is 5.32 Å². The van der Waals surface area contributed by atoms with Gasteiger partial charge in [0.25, 0.3) is 0 Å². The summed E-state index contributed by atoms with van der Waals surface area (Å²) < 4.78 is 0. The molecule has 0 radical (unpaired) electrons. The lowest BCUT2D eigenvalue weighted by Gasteiger charge is -2.13. The molecule has 0 aliphatic heterocycles. The van der Waals surface area contributed by atoms with Gasteiger partial charge in [-0.05, 0) is 23.8 Å². The van der Waals surface area contributed by atoms with E-state index in [0.29, 0.717) is 28.0 Å². The van der Waals surface area contributed by atoms with Crippen LogP contribution in [0.15, 0.2) is 18.2 Å². The molecule has 0 saturated heterocycles. The summed E-state index contributed by atoms with van der Waals surface area (Å²) in [6.45, 7) is 1.30. The van der Waals surface area contributed by atoms with Gasteiger partial charge in [0.1, 0.15) is 6.04 Å². The molecule has 110 valence electrons. The predicted molar refractivity (Wildman–Crippen MR) is 82.5 cm³/mol. The van der Waals surface area contributed by atoms with Crippen LogP contribution in [0.4, 0.5) is 0 Å². The van der Waals surface area contributed by atoms with Crippen LogP contribution in [-0.2, 0) is 15.3 Å². The van der Waals surface area contributed by atoms with Gasteiger partial charge in [0.15, 0.2) is 0 Å². The van der Waals surface area contributed by atoms with E-state index in [-0.39, 0.29) is 5.91 Å². The SMILES string of the molecule is CC(=O)NC(CCSCc1cccc(Cl)c1Cl)C(=O)O. The first-order chi connectivity index (χ1) is 9.41. The maximum atomic E-state index is 10.9. The first kappa shape index (κ1) is 17.1. The highest BCUT2D eigenvalue weighted by molar-refractivity contribution is 7.98. The molecule has 0 aliphatic carbocycles. The molecule has 0 fully saturated rings. The minimum atomic E-state index is -1.03. The highest BCUT2D eigenvalue weighted by Crippen LogP contribution is 2.28. The van der Waals surface area contributed by atoms with Crippen LogP contribution in [0.3, 0.4) is 0 Å². The largest absolute Gasteiger partial charge is 0.480 e. The number of carbonyl (C=O) groups is 2. The summed E-state index contributed by atoms with van der Waals surface area (Å²) in [5.74, 6) is -0.131. The fraction of sp³-hybridized carbons (Fsp3) is 0.385. The Bertz CT molecular complexity index is 497. The fourth-order valence-corrected chi connectivity index (χ4v) is 3.02. The Morgan fingerprint density at radius 1 is 1.40 bits per heavy atom. The van der Waals surface area contributed by atoms with E-state index in [2.05, 4.69) is 5.32 Å². The van der Waals surface area contributed by atoms with Crippen molar-refractivity contribution in [1.29, 1.82) is 0 Å². The second-order valence-electron chi connectivity index (χ2n) is 4.15. The Morgan fingerprint density at radius 3 is 2.70 bits per heavy atom. The summed E-state index contributed by atoms with van der Waals surface area (Å²) in [5.41, 5.74) is 0.913. The molecule has 0 heterocycles. The third-order valence-corrected chi connectivity index (χ3v) is 4.41. The van der Waals surface area contributed by atoms with Crippen molar-refractivity contribution < 1.29 is 14.7 Å². The van der Waals surface area contributed by atoms with Crippen LogP contribution in [0.1, 0.15) is 18.9 Å². The summed E-state index contributed by atoms with van der Waals surface area (Å²) >= 11 is 13.5. The van der Waals surface area contributed by atoms with Crippen molar-refractivity contribution in [2.24, 2.45) is 0 Å². The van der Waals surface area contributed by atoms with E-state index in [9.17, 15) is 9.59 Å². The summed E-state index contributed by atoms with van der Waals surface area (Å²) in [7, 11) is 0. The molecule has 4 nitrogen and oxygen atoms in total. The van der Waals surface area contributed by atoms with Gasteiger partial charge in [-0.25, -0.2) is 4.79 Å². The molecule has 1 aromatic rings. The van der Waals surface area contributed by atoms with Crippen LogP contribution in [0.25, 0.3) is 0 Å². The zero-order valence-electron chi connectivity index (χ0n) is 10.9. The fourth-order valence-electron chi connectivity index (χ4n) is 1.55. The molecule has 20 heavy (non-hydrogen) atoms. The summed E-state index contributed by atoms with van der Waals surface area (Å²) in [5, 5.41) is 12.4. The molecule has 1 amide bonds. The minimum Gasteiger partial charge on any atom is -0.480 e. The van der Waals surface area contributed by atoms with E-state index in [1.165, 1.54) is 6.92 Å². The quantitative estimate of drug-likeness (QED) is 0.751. The number of carbonyl (C=O) groups excluding carboxylic acids is 1. The number of rotatable bonds is 7. The van der Waals surface area contributed by atoms with E-state index < -0.39 is 12.0 Å². The molecule has 2 N–H and O–H groups in total. The summed E-state index contributed by atoms with van der Waals surface area (Å²) in [4.78, 5) is 21.8. The maximum absolute atomic E-state index is 10.9. The predicted octanol–water partition coefficient (Wildman–Crippen LogP) is 3.21. The van der Waals surface area contributed by atoms with Gasteiger partial charge in [-0.3, -0.25) is 4.79 Å². The number of nitrogens with one attached hydrogen (secondary N) is 1. The lowest BCUT2D eigenvalue weighted by Crippen LogP contribution is -2.39. The Balaban J connectivity index is 2.42. The number of halogens is 2. The lowest BCUT2D eigenvalue weighted by molar-refractivity contribution is -0.141. The standard InChI is InChI=1S/C13H15Cl2NO3S/c1-8(17)16-11(13(18)19)5-6-20-7-9-3-2-4-10(14)12(9)15/h2-4,11H,5-7H2,1H3,(H,16,17)(H,18,19). The highest BCUT2D eigenvalue weighted by Gasteiger charge is 2.17. The third-order valence-electron chi connectivity index (χ3n) is 2.52. The van der Waals surface area contributed by atoms with Gasteiger partial charge in [-0.2, -0.15) is 11.8 Å². The summed E-state index contributed by atoms with van der Waals surface area (Å²) in [6, 6.07) is 4.57. The van der Waals surface area contributed by atoms with E-state index in [1.807, 2.05) is 12.1 Å². The second kappa shape index (κ2) is 8.39. The van der Waals surface area contributed by atoms with E-state index in [0.717, 1.165) is 5.56 Å². The molecule has 1 atom stereocenters. The van der Waals surface area contributed by atoms with Gasteiger partial charge in [0.05, 0.1) is 10.0 Å². The molecule has 7 heteroatoms. The summed E-state index contributed by atoms with van der Waals surface area (Å²) in [6.07, 6.45) is 0.359. The van der Waals surface area contributed by atoms with Crippen molar-refractivity contribution in [3.63, 3.8) is 0 Å². The van der Waals surface area contributed by atoms with E-state index in [1.54, 1.807) is 17.8 Å². The molecular formula is C13H15Cl2NO3S. The van der Waals surface area contributed by atoms with Crippen LogP contribution in [0, 0.1) is 0 Å². The number of benzene rings is 1.